The Morgan fingerprint density at radius 2 is 2.09 bits per heavy atom. The van der Waals surface area contributed by atoms with Crippen LogP contribution in [-0.4, -0.2) is 36.5 Å². The van der Waals surface area contributed by atoms with Gasteiger partial charge in [-0.1, -0.05) is 12.2 Å². The molecule has 114 valence electrons. The molecule has 1 aromatic rings. The van der Waals surface area contributed by atoms with Crippen molar-refractivity contribution in [2.24, 2.45) is 0 Å². The van der Waals surface area contributed by atoms with Crippen molar-refractivity contribution in [1.29, 1.82) is 0 Å². The molecule has 0 bridgehead atoms. The van der Waals surface area contributed by atoms with Gasteiger partial charge in [0.2, 0.25) is 0 Å². The Bertz CT molecular complexity index is 716. The van der Waals surface area contributed by atoms with Crippen LogP contribution >= 0.6 is 0 Å². The molecule has 0 saturated heterocycles. The van der Waals surface area contributed by atoms with E-state index in [1.807, 2.05) is 18.2 Å². The maximum absolute atomic E-state index is 11.5. The zero-order valence-corrected chi connectivity index (χ0v) is 12.8. The summed E-state index contributed by atoms with van der Waals surface area (Å²) in [6.07, 6.45) is 8.92. The molecule has 4 heteroatoms. The molecule has 1 aromatic carbocycles. The second-order valence-electron chi connectivity index (χ2n) is 6.44. The van der Waals surface area contributed by atoms with Crippen molar-refractivity contribution in [3.05, 3.63) is 47.1 Å². The molecule has 0 aromatic heterocycles. The van der Waals surface area contributed by atoms with E-state index >= 15 is 0 Å². The molecule has 0 saturated carbocycles. The largest absolute Gasteiger partial charge is 0.504 e. The number of ketones is 1. The molecular weight excluding hydrogens is 278 g/mol. The van der Waals surface area contributed by atoms with Gasteiger partial charge in [-0.2, -0.15) is 0 Å². The summed E-state index contributed by atoms with van der Waals surface area (Å²) >= 11 is 0. The van der Waals surface area contributed by atoms with Crippen LogP contribution in [0.25, 0.3) is 0 Å². The zero-order chi connectivity index (χ0) is 15.5. The van der Waals surface area contributed by atoms with Gasteiger partial charge in [0.05, 0.1) is 7.11 Å². The third-order valence-electron chi connectivity index (χ3n) is 5.30. The average Bonchev–Trinajstić information content (AvgIpc) is 2.86. The summed E-state index contributed by atoms with van der Waals surface area (Å²) in [4.78, 5) is 13.9. The molecule has 0 unspecified atom stereocenters. The second-order valence-corrected chi connectivity index (χ2v) is 6.44. The van der Waals surface area contributed by atoms with E-state index < -0.39 is 5.41 Å². The van der Waals surface area contributed by atoms with E-state index in [0.717, 1.165) is 24.9 Å². The zero-order valence-electron chi connectivity index (χ0n) is 12.8. The molecule has 3 aliphatic rings. The van der Waals surface area contributed by atoms with Gasteiger partial charge in [-0.05, 0) is 49.2 Å². The highest BCUT2D eigenvalue weighted by Crippen LogP contribution is 2.57. The number of hydrogen-bond acceptors (Lipinski definition) is 4. The van der Waals surface area contributed by atoms with E-state index in [4.69, 9.17) is 4.74 Å². The first-order chi connectivity index (χ1) is 10.6. The lowest BCUT2D eigenvalue weighted by atomic mass is 9.77. The number of fused-ring (bicyclic) bond motifs is 1. The van der Waals surface area contributed by atoms with E-state index in [9.17, 15) is 9.90 Å². The first kappa shape index (κ1) is 13.6. The quantitative estimate of drug-likeness (QED) is 0.864. The molecular formula is C18H19NO3. The standard InChI is InChI=1S/C18H19NO3/c1-19-8-5-11-9-14(22-2)17(21)16-15(11)13(19)10-18(16)6-3-12(20)4-7-18/h3-4,6-7,9,13,21H,5,8,10H2,1-2H3/t13-/m0/s1. The predicted molar refractivity (Wildman–Crippen MR) is 83.3 cm³/mol. The molecule has 1 spiro atoms. The number of benzene rings is 1. The van der Waals surface area contributed by atoms with Crippen LogP contribution in [0.5, 0.6) is 11.5 Å². The SMILES string of the molecule is COc1cc2c3c(c1O)C1(C=CC(=O)C=C1)C[C@@H]3N(C)CC2. The molecule has 22 heavy (non-hydrogen) atoms. The summed E-state index contributed by atoms with van der Waals surface area (Å²) < 4.78 is 5.38. The van der Waals surface area contributed by atoms with E-state index in [1.54, 1.807) is 19.3 Å². The molecule has 1 heterocycles. The normalized spacial score (nSPS) is 24.8. The highest BCUT2D eigenvalue weighted by molar-refractivity contribution is 6.01. The van der Waals surface area contributed by atoms with Crippen LogP contribution in [0.4, 0.5) is 0 Å². The van der Waals surface area contributed by atoms with Crippen LogP contribution in [0, 0.1) is 0 Å². The van der Waals surface area contributed by atoms with Crippen molar-refractivity contribution < 1.29 is 14.6 Å². The number of phenols is 1. The van der Waals surface area contributed by atoms with Crippen LogP contribution in [-0.2, 0) is 16.6 Å². The number of ether oxygens (including phenoxy) is 1. The van der Waals surface area contributed by atoms with Gasteiger partial charge in [0, 0.05) is 23.6 Å². The van der Waals surface area contributed by atoms with Crippen molar-refractivity contribution in [3.8, 4) is 11.5 Å². The summed E-state index contributed by atoms with van der Waals surface area (Å²) in [5.41, 5.74) is 2.98. The molecule has 2 aliphatic carbocycles. The fourth-order valence-corrected chi connectivity index (χ4v) is 4.16. The van der Waals surface area contributed by atoms with Gasteiger partial charge in [-0.25, -0.2) is 0 Å². The van der Waals surface area contributed by atoms with Crippen LogP contribution < -0.4 is 4.74 Å². The Morgan fingerprint density at radius 1 is 1.36 bits per heavy atom. The van der Waals surface area contributed by atoms with Crippen LogP contribution in [0.15, 0.2) is 30.4 Å². The van der Waals surface area contributed by atoms with Crippen LogP contribution in [0.3, 0.4) is 0 Å². The van der Waals surface area contributed by atoms with Gasteiger partial charge in [-0.15, -0.1) is 0 Å². The lowest BCUT2D eigenvalue weighted by Gasteiger charge is -2.32. The number of carbonyl (C=O) groups is 1. The molecule has 1 N–H and O–H groups in total. The average molecular weight is 297 g/mol. The van der Waals surface area contributed by atoms with Crippen molar-refractivity contribution in [2.45, 2.75) is 24.3 Å². The first-order valence-corrected chi connectivity index (χ1v) is 7.61. The summed E-state index contributed by atoms with van der Waals surface area (Å²) in [5.74, 6) is 0.737. The molecule has 0 radical (unpaired) electrons. The number of allylic oxidation sites excluding steroid dienone is 4. The number of carbonyl (C=O) groups excluding carboxylic acids is 1. The smallest absolute Gasteiger partial charge is 0.178 e. The maximum Gasteiger partial charge on any atom is 0.178 e. The second kappa shape index (κ2) is 4.46. The number of hydrogen-bond donors (Lipinski definition) is 1. The number of aromatic hydroxyl groups is 1. The number of nitrogens with zero attached hydrogens (tertiary/aromatic N) is 1. The molecule has 4 rings (SSSR count). The van der Waals surface area contributed by atoms with Gasteiger partial charge in [0.15, 0.2) is 17.3 Å². The Balaban J connectivity index is 2.01. The minimum absolute atomic E-state index is 0.00135. The number of rotatable bonds is 1. The van der Waals surface area contributed by atoms with Crippen molar-refractivity contribution in [3.63, 3.8) is 0 Å². The Morgan fingerprint density at radius 3 is 2.77 bits per heavy atom. The number of methoxy groups -OCH3 is 1. The molecule has 1 aliphatic heterocycles. The van der Waals surface area contributed by atoms with Gasteiger partial charge in [-0.3, -0.25) is 9.69 Å². The highest BCUT2D eigenvalue weighted by Gasteiger charge is 2.48. The Kier molecular flexibility index (Phi) is 2.76. The number of phenolic OH excluding ortho intramolecular Hbond substituents is 1. The lowest BCUT2D eigenvalue weighted by Crippen LogP contribution is -2.31. The molecule has 4 nitrogen and oxygen atoms in total. The minimum Gasteiger partial charge on any atom is -0.504 e. The van der Waals surface area contributed by atoms with E-state index in [0.29, 0.717) is 5.75 Å². The van der Waals surface area contributed by atoms with E-state index in [-0.39, 0.29) is 17.6 Å². The van der Waals surface area contributed by atoms with Crippen molar-refractivity contribution >= 4 is 5.78 Å². The minimum atomic E-state index is -0.403. The number of likely N-dealkylation sites (N-methyl/N-ethyl adjacent to an activating group) is 1. The maximum atomic E-state index is 11.5. The monoisotopic (exact) mass is 297 g/mol. The predicted octanol–water partition coefficient (Wildman–Crippen LogP) is 2.27. The Hall–Kier alpha value is -2.07. The summed E-state index contributed by atoms with van der Waals surface area (Å²) in [6, 6.07) is 2.24. The van der Waals surface area contributed by atoms with Crippen LogP contribution in [0.2, 0.25) is 0 Å². The van der Waals surface area contributed by atoms with Gasteiger partial charge in [0.1, 0.15) is 0 Å². The summed E-state index contributed by atoms with van der Waals surface area (Å²) in [5, 5.41) is 10.7. The van der Waals surface area contributed by atoms with E-state index in [2.05, 4.69) is 11.9 Å². The molecule has 0 amide bonds. The highest BCUT2D eigenvalue weighted by atomic mass is 16.5. The fourth-order valence-electron chi connectivity index (χ4n) is 4.16. The summed E-state index contributed by atoms with van der Waals surface area (Å²) in [6.45, 7) is 0.994. The Labute approximate surface area is 129 Å². The summed E-state index contributed by atoms with van der Waals surface area (Å²) in [7, 11) is 3.71. The van der Waals surface area contributed by atoms with Gasteiger partial charge < -0.3 is 9.84 Å². The van der Waals surface area contributed by atoms with Crippen molar-refractivity contribution in [1.82, 2.24) is 4.90 Å². The third kappa shape index (κ3) is 1.64. The van der Waals surface area contributed by atoms with E-state index in [1.165, 1.54) is 11.1 Å². The molecule has 1 atom stereocenters. The topological polar surface area (TPSA) is 49.8 Å². The van der Waals surface area contributed by atoms with Crippen LogP contribution in [0.1, 0.15) is 29.2 Å². The van der Waals surface area contributed by atoms with Gasteiger partial charge >= 0.3 is 0 Å². The first-order valence-electron chi connectivity index (χ1n) is 7.61. The van der Waals surface area contributed by atoms with Gasteiger partial charge in [0.25, 0.3) is 0 Å². The van der Waals surface area contributed by atoms with Crippen molar-refractivity contribution in [2.75, 3.05) is 20.7 Å². The fraction of sp³-hybridized carbons (Fsp3) is 0.389. The molecule has 0 fully saturated rings. The third-order valence-corrected chi connectivity index (χ3v) is 5.30. The lowest BCUT2D eigenvalue weighted by molar-refractivity contribution is -0.110.